The van der Waals surface area contributed by atoms with Gasteiger partial charge >= 0.3 is 0 Å². The molecule has 1 fully saturated rings. The summed E-state index contributed by atoms with van der Waals surface area (Å²) in [7, 11) is 0. The molecule has 2 nitrogen and oxygen atoms in total. The van der Waals surface area contributed by atoms with Gasteiger partial charge in [0.2, 0.25) is 0 Å². The Hall–Kier alpha value is -0.0800. The zero-order valence-corrected chi connectivity index (χ0v) is 7.27. The van der Waals surface area contributed by atoms with Gasteiger partial charge in [0.05, 0.1) is 6.61 Å². The van der Waals surface area contributed by atoms with Crippen LogP contribution in [-0.4, -0.2) is 18.4 Å². The number of nitrogens with one attached hydrogen (secondary N) is 1. The summed E-state index contributed by atoms with van der Waals surface area (Å²) in [6, 6.07) is 0.537. The Kier molecular flexibility index (Phi) is 2.02. The Morgan fingerprint density at radius 2 is 2.10 bits per heavy atom. The van der Waals surface area contributed by atoms with E-state index in [2.05, 4.69) is 33.0 Å². The maximum absolute atomic E-state index is 5.50. The molecule has 0 unspecified atom stereocenters. The molecule has 0 spiro atoms. The van der Waals surface area contributed by atoms with Crippen molar-refractivity contribution < 1.29 is 4.74 Å². The summed E-state index contributed by atoms with van der Waals surface area (Å²) in [6.45, 7) is 9.40. The summed E-state index contributed by atoms with van der Waals surface area (Å²) < 4.78 is 5.50. The Labute approximate surface area is 63.0 Å². The molecule has 60 valence electrons. The van der Waals surface area contributed by atoms with Crippen molar-refractivity contribution in [3.8, 4) is 0 Å². The second-order valence-corrected chi connectivity index (χ2v) is 3.82. The molecule has 1 N–H and O–H groups in total. The molecule has 0 bridgehead atoms. The van der Waals surface area contributed by atoms with Gasteiger partial charge in [-0.05, 0) is 19.8 Å². The number of ether oxygens (including phenoxy) is 1. The molecule has 1 aliphatic heterocycles. The smallest absolute Gasteiger partial charge is 0.113 e. The lowest BCUT2D eigenvalue weighted by atomic mass is 10.1. The fourth-order valence-electron chi connectivity index (χ4n) is 1.19. The van der Waals surface area contributed by atoms with Gasteiger partial charge in [0.25, 0.3) is 0 Å². The standard InChI is InChI=1S/C8H17NO/c1-6(2)7-5-10-8(3,4)9-7/h6-7,9H,5H2,1-4H3/t7-/m1/s1. The molecule has 0 aromatic rings. The average molecular weight is 143 g/mol. The largest absolute Gasteiger partial charge is 0.360 e. The van der Waals surface area contributed by atoms with Gasteiger partial charge in [-0.15, -0.1) is 0 Å². The zero-order chi connectivity index (χ0) is 7.78. The molecule has 1 rings (SSSR count). The predicted octanol–water partition coefficient (Wildman–Crippen LogP) is 1.37. The highest BCUT2D eigenvalue weighted by Gasteiger charge is 2.31. The van der Waals surface area contributed by atoms with Crippen LogP contribution in [0.25, 0.3) is 0 Å². The first-order valence-electron chi connectivity index (χ1n) is 3.93. The molecule has 0 aliphatic carbocycles. The predicted molar refractivity (Wildman–Crippen MR) is 41.8 cm³/mol. The van der Waals surface area contributed by atoms with Crippen molar-refractivity contribution in [2.45, 2.75) is 39.5 Å². The van der Waals surface area contributed by atoms with Crippen LogP contribution in [0.1, 0.15) is 27.7 Å². The molecule has 0 aromatic heterocycles. The molecule has 1 saturated heterocycles. The van der Waals surface area contributed by atoms with E-state index in [1.807, 2.05) is 0 Å². The highest BCUT2D eigenvalue weighted by molar-refractivity contribution is 4.83. The minimum Gasteiger partial charge on any atom is -0.360 e. The van der Waals surface area contributed by atoms with Crippen LogP contribution < -0.4 is 5.32 Å². The quantitative estimate of drug-likeness (QED) is 0.598. The highest BCUT2D eigenvalue weighted by atomic mass is 16.5. The SMILES string of the molecule is CC(C)[C@H]1COC(C)(C)N1. The maximum Gasteiger partial charge on any atom is 0.113 e. The Balaban J connectivity index is 2.43. The minimum atomic E-state index is -0.102. The maximum atomic E-state index is 5.50. The average Bonchev–Trinajstić information content (AvgIpc) is 2.10. The molecule has 0 radical (unpaired) electrons. The van der Waals surface area contributed by atoms with Crippen molar-refractivity contribution in [1.29, 1.82) is 0 Å². The van der Waals surface area contributed by atoms with Gasteiger partial charge in [0.15, 0.2) is 0 Å². The van der Waals surface area contributed by atoms with E-state index in [9.17, 15) is 0 Å². The van der Waals surface area contributed by atoms with Crippen molar-refractivity contribution in [2.75, 3.05) is 6.61 Å². The third-order valence-corrected chi connectivity index (χ3v) is 1.96. The molecular formula is C8H17NO. The first kappa shape index (κ1) is 8.02. The molecule has 0 saturated carbocycles. The van der Waals surface area contributed by atoms with E-state index in [-0.39, 0.29) is 5.72 Å². The fraction of sp³-hybridized carbons (Fsp3) is 1.00. The lowest BCUT2D eigenvalue weighted by Gasteiger charge is -2.19. The topological polar surface area (TPSA) is 21.3 Å². The van der Waals surface area contributed by atoms with Crippen LogP contribution in [0.5, 0.6) is 0 Å². The van der Waals surface area contributed by atoms with Gasteiger partial charge in [-0.3, -0.25) is 5.32 Å². The van der Waals surface area contributed by atoms with Crippen molar-refractivity contribution >= 4 is 0 Å². The molecule has 1 aliphatic rings. The van der Waals surface area contributed by atoms with E-state index in [1.54, 1.807) is 0 Å². The van der Waals surface area contributed by atoms with Crippen molar-refractivity contribution in [1.82, 2.24) is 5.32 Å². The Morgan fingerprint density at radius 1 is 1.50 bits per heavy atom. The van der Waals surface area contributed by atoms with E-state index in [1.165, 1.54) is 0 Å². The van der Waals surface area contributed by atoms with Gasteiger partial charge < -0.3 is 4.74 Å². The van der Waals surface area contributed by atoms with Crippen LogP contribution in [0.15, 0.2) is 0 Å². The normalized spacial score (nSPS) is 31.5. The van der Waals surface area contributed by atoms with Crippen LogP contribution in [-0.2, 0) is 4.74 Å². The van der Waals surface area contributed by atoms with E-state index >= 15 is 0 Å². The molecular weight excluding hydrogens is 126 g/mol. The van der Waals surface area contributed by atoms with E-state index in [4.69, 9.17) is 4.74 Å². The minimum absolute atomic E-state index is 0.102. The molecule has 1 atom stereocenters. The lowest BCUT2D eigenvalue weighted by molar-refractivity contribution is 0.0230. The number of hydrogen-bond acceptors (Lipinski definition) is 2. The monoisotopic (exact) mass is 143 g/mol. The molecule has 0 amide bonds. The van der Waals surface area contributed by atoms with Gasteiger partial charge in [-0.2, -0.15) is 0 Å². The summed E-state index contributed by atoms with van der Waals surface area (Å²) in [5, 5.41) is 3.41. The summed E-state index contributed by atoms with van der Waals surface area (Å²) in [6.07, 6.45) is 0. The number of hydrogen-bond donors (Lipinski definition) is 1. The fourth-order valence-corrected chi connectivity index (χ4v) is 1.19. The lowest BCUT2D eigenvalue weighted by Crippen LogP contribution is -2.40. The van der Waals surface area contributed by atoms with Gasteiger partial charge in [-0.1, -0.05) is 13.8 Å². The Morgan fingerprint density at radius 3 is 2.30 bits per heavy atom. The van der Waals surface area contributed by atoms with Gasteiger partial charge in [0, 0.05) is 6.04 Å². The summed E-state index contributed by atoms with van der Waals surface area (Å²) in [4.78, 5) is 0. The third-order valence-electron chi connectivity index (χ3n) is 1.96. The van der Waals surface area contributed by atoms with E-state index < -0.39 is 0 Å². The van der Waals surface area contributed by atoms with Gasteiger partial charge in [0.1, 0.15) is 5.72 Å². The highest BCUT2D eigenvalue weighted by Crippen LogP contribution is 2.18. The molecule has 1 heterocycles. The second kappa shape index (κ2) is 2.51. The first-order chi connectivity index (χ1) is 4.51. The summed E-state index contributed by atoms with van der Waals surface area (Å²) in [5.41, 5.74) is -0.102. The molecule has 2 heteroatoms. The van der Waals surface area contributed by atoms with Crippen molar-refractivity contribution in [3.05, 3.63) is 0 Å². The molecule has 10 heavy (non-hydrogen) atoms. The van der Waals surface area contributed by atoms with Crippen LogP contribution in [0.3, 0.4) is 0 Å². The summed E-state index contributed by atoms with van der Waals surface area (Å²) >= 11 is 0. The van der Waals surface area contributed by atoms with Gasteiger partial charge in [-0.25, -0.2) is 0 Å². The van der Waals surface area contributed by atoms with E-state index in [0.717, 1.165) is 6.61 Å². The number of rotatable bonds is 1. The summed E-state index contributed by atoms with van der Waals surface area (Å²) in [5.74, 6) is 0.668. The van der Waals surface area contributed by atoms with Crippen LogP contribution >= 0.6 is 0 Å². The second-order valence-electron chi connectivity index (χ2n) is 3.82. The van der Waals surface area contributed by atoms with Crippen LogP contribution in [0, 0.1) is 5.92 Å². The first-order valence-corrected chi connectivity index (χ1v) is 3.93. The zero-order valence-electron chi connectivity index (χ0n) is 7.27. The van der Waals surface area contributed by atoms with Crippen molar-refractivity contribution in [2.24, 2.45) is 5.92 Å². The third kappa shape index (κ3) is 1.70. The van der Waals surface area contributed by atoms with E-state index in [0.29, 0.717) is 12.0 Å². The van der Waals surface area contributed by atoms with Crippen LogP contribution in [0.2, 0.25) is 0 Å². The molecule has 0 aromatic carbocycles. The van der Waals surface area contributed by atoms with Crippen molar-refractivity contribution in [3.63, 3.8) is 0 Å². The Bertz CT molecular complexity index is 120. The van der Waals surface area contributed by atoms with Crippen LogP contribution in [0.4, 0.5) is 0 Å².